The fourth-order valence-corrected chi connectivity index (χ4v) is 4.26. The van der Waals surface area contributed by atoms with Crippen molar-refractivity contribution in [2.45, 2.75) is 106 Å². The minimum absolute atomic E-state index is 0.0698. The molecule has 3 nitrogen and oxygen atoms in total. The molecule has 27 heavy (non-hydrogen) atoms. The second kappa shape index (κ2) is 11.3. The molecule has 1 rings (SSSR count). The maximum absolute atomic E-state index is 12.5. The van der Waals surface area contributed by atoms with E-state index < -0.39 is 0 Å². The van der Waals surface area contributed by atoms with E-state index in [1.165, 1.54) is 12.8 Å². The number of rotatable bonds is 12. The molecule has 1 heterocycles. The molecule has 0 radical (unpaired) electrons. The predicted octanol–water partition coefficient (Wildman–Crippen LogP) is 6.05. The first-order chi connectivity index (χ1) is 12.6. The van der Waals surface area contributed by atoms with Gasteiger partial charge in [0.2, 0.25) is 0 Å². The molecular formula is C24H45NO2. The van der Waals surface area contributed by atoms with Gasteiger partial charge in [0.25, 0.3) is 0 Å². The standard InChI is InChI=1S/C24H45NO2/c1-7-24(8-2,15-10-22(27)19-23(4,5)6)14-9-21(26)13-18-25-16-11-20(3)12-17-25/h20H,7-19H2,1-6H3. The molecule has 1 saturated heterocycles. The van der Waals surface area contributed by atoms with E-state index in [0.29, 0.717) is 37.2 Å². The SMILES string of the molecule is CCC(CC)(CCC(=O)CCN1CCC(C)CC1)CCC(=O)CC(C)(C)C. The zero-order chi connectivity index (χ0) is 20.5. The summed E-state index contributed by atoms with van der Waals surface area (Å²) in [6.45, 7) is 16.4. The van der Waals surface area contributed by atoms with Crippen LogP contribution in [0, 0.1) is 16.7 Å². The van der Waals surface area contributed by atoms with Gasteiger partial charge in [0.05, 0.1) is 0 Å². The highest BCUT2D eigenvalue weighted by Crippen LogP contribution is 2.38. The number of nitrogens with zero attached hydrogens (tertiary/aromatic N) is 1. The number of carbonyl (C=O) groups is 2. The summed E-state index contributed by atoms with van der Waals surface area (Å²) < 4.78 is 0. The molecule has 0 aromatic carbocycles. The van der Waals surface area contributed by atoms with Crippen LogP contribution >= 0.6 is 0 Å². The smallest absolute Gasteiger partial charge is 0.134 e. The Bertz CT molecular complexity index is 451. The van der Waals surface area contributed by atoms with Crippen LogP contribution in [-0.2, 0) is 9.59 Å². The summed E-state index contributed by atoms with van der Waals surface area (Å²) >= 11 is 0. The third kappa shape index (κ3) is 9.87. The molecule has 0 N–H and O–H groups in total. The first kappa shape index (κ1) is 24.3. The van der Waals surface area contributed by atoms with Gasteiger partial charge in [-0.25, -0.2) is 0 Å². The molecule has 3 heteroatoms. The van der Waals surface area contributed by atoms with Crippen molar-refractivity contribution in [3.8, 4) is 0 Å². The van der Waals surface area contributed by atoms with Crippen LogP contribution in [0.1, 0.15) is 106 Å². The van der Waals surface area contributed by atoms with Gasteiger partial charge in [0, 0.05) is 32.2 Å². The van der Waals surface area contributed by atoms with Crippen LogP contribution in [0.2, 0.25) is 0 Å². The summed E-state index contributed by atoms with van der Waals surface area (Å²) in [6.07, 6.45) is 9.23. The van der Waals surface area contributed by atoms with Crippen LogP contribution in [0.4, 0.5) is 0 Å². The fourth-order valence-electron chi connectivity index (χ4n) is 4.26. The van der Waals surface area contributed by atoms with Crippen molar-refractivity contribution in [2.24, 2.45) is 16.7 Å². The number of ketones is 2. The Labute approximate surface area is 168 Å². The number of likely N-dealkylation sites (tertiary alicyclic amines) is 1. The third-order valence-electron chi connectivity index (χ3n) is 6.68. The lowest BCUT2D eigenvalue weighted by molar-refractivity contribution is -0.121. The monoisotopic (exact) mass is 379 g/mol. The lowest BCUT2D eigenvalue weighted by Crippen LogP contribution is -2.34. The van der Waals surface area contributed by atoms with Crippen molar-refractivity contribution >= 4 is 11.6 Å². The largest absolute Gasteiger partial charge is 0.303 e. The summed E-state index contributed by atoms with van der Waals surface area (Å²) in [5.41, 5.74) is 0.226. The Morgan fingerprint density at radius 3 is 1.89 bits per heavy atom. The average Bonchev–Trinajstić information content (AvgIpc) is 2.60. The predicted molar refractivity (Wildman–Crippen MR) is 115 cm³/mol. The molecule has 1 aliphatic rings. The molecule has 0 atom stereocenters. The van der Waals surface area contributed by atoms with Crippen LogP contribution in [0.25, 0.3) is 0 Å². The maximum atomic E-state index is 12.5. The first-order valence-electron chi connectivity index (χ1n) is 11.3. The summed E-state index contributed by atoms with van der Waals surface area (Å²) in [5.74, 6) is 1.62. The molecular weight excluding hydrogens is 334 g/mol. The van der Waals surface area contributed by atoms with Crippen LogP contribution in [-0.4, -0.2) is 36.1 Å². The van der Waals surface area contributed by atoms with E-state index >= 15 is 0 Å². The van der Waals surface area contributed by atoms with Crippen molar-refractivity contribution < 1.29 is 9.59 Å². The number of hydrogen-bond acceptors (Lipinski definition) is 3. The average molecular weight is 380 g/mol. The Morgan fingerprint density at radius 2 is 1.41 bits per heavy atom. The van der Waals surface area contributed by atoms with E-state index in [9.17, 15) is 9.59 Å². The topological polar surface area (TPSA) is 37.4 Å². The van der Waals surface area contributed by atoms with Gasteiger partial charge in [-0.2, -0.15) is 0 Å². The lowest BCUT2D eigenvalue weighted by atomic mass is 9.73. The Hall–Kier alpha value is -0.700. The van der Waals surface area contributed by atoms with E-state index in [2.05, 4.69) is 46.4 Å². The van der Waals surface area contributed by atoms with Gasteiger partial charge in [-0.1, -0.05) is 54.4 Å². The molecule has 1 fully saturated rings. The minimum Gasteiger partial charge on any atom is -0.303 e. The molecule has 1 aliphatic heterocycles. The Balaban J connectivity index is 2.39. The van der Waals surface area contributed by atoms with Gasteiger partial charge >= 0.3 is 0 Å². The highest BCUT2D eigenvalue weighted by molar-refractivity contribution is 5.79. The van der Waals surface area contributed by atoms with Crippen molar-refractivity contribution in [3.05, 3.63) is 0 Å². The quantitative estimate of drug-likeness (QED) is 0.414. The van der Waals surface area contributed by atoms with Gasteiger partial charge in [-0.3, -0.25) is 9.59 Å². The summed E-state index contributed by atoms with van der Waals surface area (Å²) in [7, 11) is 0. The zero-order valence-corrected chi connectivity index (χ0v) is 19.0. The highest BCUT2D eigenvalue weighted by Gasteiger charge is 2.28. The van der Waals surface area contributed by atoms with Crippen molar-refractivity contribution in [1.29, 1.82) is 0 Å². The van der Waals surface area contributed by atoms with Gasteiger partial charge < -0.3 is 4.90 Å². The van der Waals surface area contributed by atoms with Gasteiger partial charge in [0.15, 0.2) is 0 Å². The van der Waals surface area contributed by atoms with Gasteiger partial charge in [0.1, 0.15) is 11.6 Å². The molecule has 158 valence electrons. The molecule has 0 bridgehead atoms. The first-order valence-corrected chi connectivity index (χ1v) is 11.3. The summed E-state index contributed by atoms with van der Waals surface area (Å²) in [6, 6.07) is 0. The molecule has 0 aromatic rings. The second-order valence-electron chi connectivity index (χ2n) is 10.3. The van der Waals surface area contributed by atoms with Crippen LogP contribution in [0.5, 0.6) is 0 Å². The van der Waals surface area contributed by atoms with E-state index in [-0.39, 0.29) is 10.8 Å². The summed E-state index contributed by atoms with van der Waals surface area (Å²) in [5, 5.41) is 0. The van der Waals surface area contributed by atoms with E-state index in [0.717, 1.165) is 51.2 Å². The van der Waals surface area contributed by atoms with E-state index in [1.807, 2.05) is 0 Å². The van der Waals surface area contributed by atoms with Crippen LogP contribution < -0.4 is 0 Å². The van der Waals surface area contributed by atoms with Crippen LogP contribution in [0.3, 0.4) is 0 Å². The van der Waals surface area contributed by atoms with Crippen molar-refractivity contribution in [2.75, 3.05) is 19.6 Å². The van der Waals surface area contributed by atoms with Crippen LogP contribution in [0.15, 0.2) is 0 Å². The molecule has 0 aromatic heterocycles. The Morgan fingerprint density at radius 1 is 0.889 bits per heavy atom. The molecule has 0 aliphatic carbocycles. The molecule has 0 spiro atoms. The van der Waals surface area contributed by atoms with E-state index in [1.54, 1.807) is 0 Å². The normalized spacial score (nSPS) is 17.3. The highest BCUT2D eigenvalue weighted by atomic mass is 16.1. The number of hydrogen-bond donors (Lipinski definition) is 0. The molecule has 0 amide bonds. The Kier molecular flexibility index (Phi) is 10.2. The second-order valence-corrected chi connectivity index (χ2v) is 10.3. The molecule has 0 unspecified atom stereocenters. The maximum Gasteiger partial charge on any atom is 0.134 e. The lowest BCUT2D eigenvalue weighted by Gasteiger charge is -2.32. The third-order valence-corrected chi connectivity index (χ3v) is 6.68. The van der Waals surface area contributed by atoms with Gasteiger partial charge in [-0.05, 0) is 55.5 Å². The van der Waals surface area contributed by atoms with Crippen molar-refractivity contribution in [1.82, 2.24) is 4.90 Å². The number of piperidine rings is 1. The number of Topliss-reactive ketones (excluding diaryl/α,β-unsaturated/α-hetero) is 2. The summed E-state index contributed by atoms with van der Waals surface area (Å²) in [4.78, 5) is 27.2. The van der Waals surface area contributed by atoms with Gasteiger partial charge in [-0.15, -0.1) is 0 Å². The number of carbonyl (C=O) groups excluding carboxylic acids is 2. The van der Waals surface area contributed by atoms with E-state index in [4.69, 9.17) is 0 Å². The van der Waals surface area contributed by atoms with Crippen molar-refractivity contribution in [3.63, 3.8) is 0 Å². The molecule has 0 saturated carbocycles. The fraction of sp³-hybridized carbons (Fsp3) is 0.917. The minimum atomic E-state index is 0.0698. The zero-order valence-electron chi connectivity index (χ0n) is 19.0.